The van der Waals surface area contributed by atoms with Crippen LogP contribution in [0.1, 0.15) is 40.0 Å². The molecule has 20 heavy (non-hydrogen) atoms. The van der Waals surface area contributed by atoms with Crippen LogP contribution >= 0.6 is 0 Å². The molecule has 2 bridgehead atoms. The molecule has 2 saturated heterocycles. The topological polar surface area (TPSA) is 76.1 Å². The first-order chi connectivity index (χ1) is 9.24. The van der Waals surface area contributed by atoms with Gasteiger partial charge < -0.3 is 19.5 Å². The summed E-state index contributed by atoms with van der Waals surface area (Å²) in [7, 11) is 1.30. The van der Waals surface area contributed by atoms with Crippen LogP contribution in [0, 0.1) is 5.92 Å². The van der Waals surface area contributed by atoms with E-state index in [1.807, 2.05) is 20.8 Å². The second kappa shape index (κ2) is 5.24. The van der Waals surface area contributed by atoms with Gasteiger partial charge in [-0.25, -0.2) is 4.79 Å². The van der Waals surface area contributed by atoms with E-state index in [9.17, 15) is 14.7 Å². The smallest absolute Gasteiger partial charge is 0.410 e. The molecule has 2 aliphatic heterocycles. The molecule has 0 unspecified atom stereocenters. The number of methoxy groups -OCH3 is 1. The normalized spacial score (nSPS) is 33.0. The highest BCUT2D eigenvalue weighted by Crippen LogP contribution is 2.40. The second-order valence-electron chi connectivity index (χ2n) is 6.54. The number of rotatable bonds is 1. The van der Waals surface area contributed by atoms with Crippen LogP contribution in [0.4, 0.5) is 4.79 Å². The van der Waals surface area contributed by atoms with Crippen LogP contribution in [0.5, 0.6) is 0 Å². The Morgan fingerprint density at radius 1 is 1.25 bits per heavy atom. The van der Waals surface area contributed by atoms with Crippen molar-refractivity contribution >= 4 is 12.1 Å². The first-order valence-electron chi connectivity index (χ1n) is 7.02. The fraction of sp³-hybridized carbons (Fsp3) is 0.857. The molecule has 2 heterocycles. The predicted octanol–water partition coefficient (Wildman–Crippen LogP) is 1.31. The van der Waals surface area contributed by atoms with Gasteiger partial charge in [-0.3, -0.25) is 4.79 Å². The SMILES string of the molecule is COC(=O)[C@H]1[C@@H](O)C[C@H]2CC[C@@H]1N2C(=O)OC(C)(C)C. The van der Waals surface area contributed by atoms with E-state index in [1.54, 1.807) is 4.90 Å². The van der Waals surface area contributed by atoms with Crippen molar-refractivity contribution in [2.24, 2.45) is 5.92 Å². The van der Waals surface area contributed by atoms with Crippen molar-refractivity contribution < 1.29 is 24.2 Å². The fourth-order valence-electron chi connectivity index (χ4n) is 3.23. The van der Waals surface area contributed by atoms with E-state index in [0.29, 0.717) is 12.8 Å². The molecular weight excluding hydrogens is 262 g/mol. The number of esters is 1. The van der Waals surface area contributed by atoms with Gasteiger partial charge in [0.25, 0.3) is 0 Å². The molecule has 0 aromatic carbocycles. The molecule has 1 N–H and O–H groups in total. The number of nitrogens with zero attached hydrogens (tertiary/aromatic N) is 1. The number of hydrogen-bond donors (Lipinski definition) is 1. The third-order valence-corrected chi connectivity index (χ3v) is 3.97. The minimum Gasteiger partial charge on any atom is -0.469 e. The van der Waals surface area contributed by atoms with Gasteiger partial charge in [0.2, 0.25) is 0 Å². The molecule has 6 nitrogen and oxygen atoms in total. The lowest BCUT2D eigenvalue weighted by Crippen LogP contribution is -2.56. The van der Waals surface area contributed by atoms with Crippen molar-refractivity contribution in [2.45, 2.75) is 63.8 Å². The summed E-state index contributed by atoms with van der Waals surface area (Å²) in [6.07, 6.45) is 0.717. The van der Waals surface area contributed by atoms with Crippen LogP contribution in [0.3, 0.4) is 0 Å². The van der Waals surface area contributed by atoms with Crippen LogP contribution in [-0.4, -0.2) is 53.0 Å². The van der Waals surface area contributed by atoms with Crippen LogP contribution in [0.25, 0.3) is 0 Å². The average molecular weight is 285 g/mol. The Balaban J connectivity index is 2.19. The van der Waals surface area contributed by atoms with Crippen molar-refractivity contribution in [1.82, 2.24) is 4.90 Å². The lowest BCUT2D eigenvalue weighted by atomic mass is 9.87. The standard InChI is InChI=1S/C14H23NO5/c1-14(2,3)20-13(18)15-8-5-6-9(15)11(10(16)7-8)12(17)19-4/h8-11,16H,5-7H2,1-4H3/t8-,9+,10+,11-/m1/s1. The molecule has 2 rings (SSSR count). The van der Waals surface area contributed by atoms with Gasteiger partial charge in [0, 0.05) is 6.04 Å². The third-order valence-electron chi connectivity index (χ3n) is 3.97. The van der Waals surface area contributed by atoms with Crippen molar-refractivity contribution in [3.8, 4) is 0 Å². The highest BCUT2D eigenvalue weighted by atomic mass is 16.6. The summed E-state index contributed by atoms with van der Waals surface area (Å²) in [5, 5.41) is 10.1. The Labute approximate surface area is 119 Å². The average Bonchev–Trinajstić information content (AvgIpc) is 2.63. The number of amides is 1. The van der Waals surface area contributed by atoms with E-state index in [2.05, 4.69) is 0 Å². The van der Waals surface area contributed by atoms with E-state index in [0.717, 1.165) is 6.42 Å². The number of aliphatic hydroxyl groups excluding tert-OH is 1. The molecule has 0 aromatic rings. The Kier molecular flexibility index (Phi) is 3.95. The molecule has 0 radical (unpaired) electrons. The van der Waals surface area contributed by atoms with E-state index >= 15 is 0 Å². The van der Waals surface area contributed by atoms with E-state index in [-0.39, 0.29) is 12.1 Å². The van der Waals surface area contributed by atoms with Crippen LogP contribution < -0.4 is 0 Å². The molecule has 6 heteroatoms. The quantitative estimate of drug-likeness (QED) is 0.735. The van der Waals surface area contributed by atoms with Gasteiger partial charge in [0.1, 0.15) is 11.5 Å². The van der Waals surface area contributed by atoms with Gasteiger partial charge in [-0.2, -0.15) is 0 Å². The van der Waals surface area contributed by atoms with Crippen molar-refractivity contribution in [3.63, 3.8) is 0 Å². The number of carbonyl (C=O) groups is 2. The zero-order valence-corrected chi connectivity index (χ0v) is 12.5. The molecule has 114 valence electrons. The molecule has 0 saturated carbocycles. The highest BCUT2D eigenvalue weighted by Gasteiger charge is 2.53. The molecule has 0 aliphatic carbocycles. The van der Waals surface area contributed by atoms with Gasteiger partial charge in [-0.05, 0) is 40.0 Å². The van der Waals surface area contributed by atoms with E-state index in [4.69, 9.17) is 9.47 Å². The van der Waals surface area contributed by atoms with Gasteiger partial charge >= 0.3 is 12.1 Å². The zero-order chi connectivity index (χ0) is 15.1. The number of carbonyl (C=O) groups excluding carboxylic acids is 2. The lowest BCUT2D eigenvalue weighted by molar-refractivity contribution is -0.155. The summed E-state index contributed by atoms with van der Waals surface area (Å²) in [6, 6.07) is -0.378. The van der Waals surface area contributed by atoms with E-state index < -0.39 is 29.7 Å². The Morgan fingerprint density at radius 3 is 2.45 bits per heavy atom. The number of hydrogen-bond acceptors (Lipinski definition) is 5. The van der Waals surface area contributed by atoms with Crippen LogP contribution in [0.15, 0.2) is 0 Å². The first kappa shape index (κ1) is 15.1. The van der Waals surface area contributed by atoms with Crippen molar-refractivity contribution in [2.75, 3.05) is 7.11 Å². The number of ether oxygens (including phenoxy) is 2. The lowest BCUT2D eigenvalue weighted by Gasteiger charge is -2.41. The molecule has 0 spiro atoms. The Hall–Kier alpha value is -1.30. The molecular formula is C14H23NO5. The van der Waals surface area contributed by atoms with E-state index in [1.165, 1.54) is 7.11 Å². The Morgan fingerprint density at radius 2 is 1.90 bits per heavy atom. The van der Waals surface area contributed by atoms with Gasteiger partial charge in [-0.1, -0.05) is 0 Å². The minimum absolute atomic E-state index is 0.0502. The summed E-state index contributed by atoms with van der Waals surface area (Å²) >= 11 is 0. The Bertz CT molecular complexity index is 403. The molecule has 4 atom stereocenters. The number of piperidine rings is 1. The molecule has 0 aromatic heterocycles. The summed E-state index contributed by atoms with van der Waals surface area (Å²) < 4.78 is 10.2. The summed E-state index contributed by atoms with van der Waals surface area (Å²) in [5.74, 6) is -1.14. The van der Waals surface area contributed by atoms with Crippen LogP contribution in [-0.2, 0) is 14.3 Å². The maximum atomic E-state index is 12.3. The predicted molar refractivity (Wildman–Crippen MR) is 71.0 cm³/mol. The highest BCUT2D eigenvalue weighted by molar-refractivity contribution is 5.77. The summed E-state index contributed by atoms with van der Waals surface area (Å²) in [6.45, 7) is 5.43. The van der Waals surface area contributed by atoms with Gasteiger partial charge in [0.05, 0.1) is 19.3 Å². The fourth-order valence-corrected chi connectivity index (χ4v) is 3.23. The number of aliphatic hydroxyl groups is 1. The minimum atomic E-state index is -0.751. The zero-order valence-electron chi connectivity index (χ0n) is 12.5. The molecule has 1 amide bonds. The third kappa shape index (κ3) is 2.75. The van der Waals surface area contributed by atoms with Gasteiger partial charge in [-0.15, -0.1) is 0 Å². The van der Waals surface area contributed by atoms with Crippen molar-refractivity contribution in [1.29, 1.82) is 0 Å². The second-order valence-corrected chi connectivity index (χ2v) is 6.54. The summed E-state index contributed by atoms with van der Waals surface area (Å²) in [5.41, 5.74) is -0.576. The summed E-state index contributed by atoms with van der Waals surface area (Å²) in [4.78, 5) is 25.8. The molecule has 2 aliphatic rings. The number of fused-ring (bicyclic) bond motifs is 2. The first-order valence-corrected chi connectivity index (χ1v) is 7.02. The maximum Gasteiger partial charge on any atom is 0.410 e. The van der Waals surface area contributed by atoms with Crippen LogP contribution in [0.2, 0.25) is 0 Å². The maximum absolute atomic E-state index is 12.3. The largest absolute Gasteiger partial charge is 0.469 e. The van der Waals surface area contributed by atoms with Gasteiger partial charge in [0.15, 0.2) is 0 Å². The monoisotopic (exact) mass is 285 g/mol. The molecule has 2 fully saturated rings. The van der Waals surface area contributed by atoms with Crippen molar-refractivity contribution in [3.05, 3.63) is 0 Å².